The molecule has 5 aromatic carbocycles. The first-order valence-corrected chi connectivity index (χ1v) is 10.6. The molecule has 2 nitrogen and oxygen atoms in total. The summed E-state index contributed by atoms with van der Waals surface area (Å²) in [7, 11) is 0. The second kappa shape index (κ2) is 9.23. The lowest BCUT2D eigenvalue weighted by atomic mass is 9.94. The van der Waals surface area contributed by atoms with Gasteiger partial charge >= 0.3 is 0 Å². The second-order valence-electron chi connectivity index (χ2n) is 7.43. The minimum Gasteiger partial charge on any atom is -0.457 e. The molecule has 154 valence electrons. The Morgan fingerprint density at radius 1 is 0.312 bits per heavy atom. The molecule has 0 spiro atoms. The third-order valence-electron chi connectivity index (χ3n) is 5.17. The number of ether oxygens (including phenoxy) is 2. The first-order chi connectivity index (χ1) is 15.8. The average Bonchev–Trinajstić information content (AvgIpc) is 2.86. The van der Waals surface area contributed by atoms with E-state index in [4.69, 9.17) is 9.47 Å². The molecular weight excluding hydrogens is 392 g/mol. The molecule has 32 heavy (non-hydrogen) atoms. The lowest BCUT2D eigenvalue weighted by Gasteiger charge is -2.13. The van der Waals surface area contributed by atoms with Crippen molar-refractivity contribution in [2.45, 2.75) is 0 Å². The third kappa shape index (κ3) is 4.55. The van der Waals surface area contributed by atoms with Gasteiger partial charge in [0.2, 0.25) is 0 Å². The van der Waals surface area contributed by atoms with Crippen molar-refractivity contribution < 1.29 is 9.47 Å². The molecule has 5 rings (SSSR count). The minimum absolute atomic E-state index is 0.810. The number of hydrogen-bond acceptors (Lipinski definition) is 2. The molecule has 0 saturated carbocycles. The largest absolute Gasteiger partial charge is 0.457 e. The van der Waals surface area contributed by atoms with Crippen LogP contribution in [0.3, 0.4) is 0 Å². The maximum atomic E-state index is 6.05. The van der Waals surface area contributed by atoms with Gasteiger partial charge in [-0.25, -0.2) is 0 Å². The van der Waals surface area contributed by atoms with E-state index < -0.39 is 0 Å². The highest BCUT2D eigenvalue weighted by molar-refractivity contribution is 5.84. The Labute approximate surface area is 188 Å². The normalized spacial score (nSPS) is 10.5. The highest BCUT2D eigenvalue weighted by Crippen LogP contribution is 2.36. The van der Waals surface area contributed by atoms with Crippen LogP contribution in [0.2, 0.25) is 0 Å². The van der Waals surface area contributed by atoms with Crippen molar-refractivity contribution in [3.63, 3.8) is 0 Å². The summed E-state index contributed by atoms with van der Waals surface area (Å²) in [5, 5.41) is 0. The fourth-order valence-corrected chi connectivity index (χ4v) is 3.69. The lowest BCUT2D eigenvalue weighted by Crippen LogP contribution is -1.89. The Morgan fingerprint density at radius 3 is 1.12 bits per heavy atom. The lowest BCUT2D eigenvalue weighted by molar-refractivity contribution is 0.482. The topological polar surface area (TPSA) is 18.5 Å². The fourth-order valence-electron chi connectivity index (χ4n) is 3.69. The Bertz CT molecular complexity index is 1210. The zero-order valence-corrected chi connectivity index (χ0v) is 17.5. The molecule has 2 heteroatoms. The Kier molecular flexibility index (Phi) is 5.67. The van der Waals surface area contributed by atoms with E-state index >= 15 is 0 Å². The van der Waals surface area contributed by atoms with Crippen LogP contribution in [0.4, 0.5) is 0 Å². The molecular formula is C30H22O2. The van der Waals surface area contributed by atoms with Crippen LogP contribution < -0.4 is 9.47 Å². The van der Waals surface area contributed by atoms with Gasteiger partial charge in [0.25, 0.3) is 0 Å². The third-order valence-corrected chi connectivity index (χ3v) is 5.17. The number of hydrogen-bond donors (Lipinski definition) is 0. The van der Waals surface area contributed by atoms with Gasteiger partial charge in [-0.15, -0.1) is 0 Å². The van der Waals surface area contributed by atoms with Crippen molar-refractivity contribution >= 4 is 0 Å². The monoisotopic (exact) mass is 414 g/mol. The van der Waals surface area contributed by atoms with E-state index in [-0.39, 0.29) is 0 Å². The van der Waals surface area contributed by atoms with Gasteiger partial charge in [0.1, 0.15) is 23.0 Å². The van der Waals surface area contributed by atoms with Crippen LogP contribution in [0, 0.1) is 0 Å². The summed E-state index contributed by atoms with van der Waals surface area (Å²) in [5.41, 5.74) is 4.48. The van der Waals surface area contributed by atoms with Crippen LogP contribution in [-0.2, 0) is 0 Å². The maximum Gasteiger partial charge on any atom is 0.128 e. The molecule has 0 atom stereocenters. The van der Waals surface area contributed by atoms with Gasteiger partial charge in [-0.3, -0.25) is 0 Å². The summed E-state index contributed by atoms with van der Waals surface area (Å²) >= 11 is 0. The van der Waals surface area contributed by atoms with Crippen molar-refractivity contribution in [2.75, 3.05) is 0 Å². The maximum absolute atomic E-state index is 6.05. The summed E-state index contributed by atoms with van der Waals surface area (Å²) in [6.45, 7) is 0. The van der Waals surface area contributed by atoms with Crippen molar-refractivity contribution in [1.29, 1.82) is 0 Å². The summed E-state index contributed by atoms with van der Waals surface area (Å²) in [6, 6.07) is 44.5. The molecule has 0 fully saturated rings. The van der Waals surface area contributed by atoms with Crippen molar-refractivity contribution in [3.8, 4) is 45.3 Å². The highest BCUT2D eigenvalue weighted by Gasteiger charge is 2.09. The Hall–Kier alpha value is -4.30. The number of rotatable bonds is 6. The van der Waals surface area contributed by atoms with Gasteiger partial charge in [0.05, 0.1) is 0 Å². The van der Waals surface area contributed by atoms with Crippen LogP contribution >= 0.6 is 0 Å². The van der Waals surface area contributed by atoms with Crippen LogP contribution in [0.5, 0.6) is 23.0 Å². The molecule has 0 aromatic heterocycles. The minimum atomic E-state index is 0.810. The quantitative estimate of drug-likeness (QED) is 0.277. The molecule has 5 aromatic rings. The van der Waals surface area contributed by atoms with E-state index in [0.717, 1.165) is 45.3 Å². The van der Waals surface area contributed by atoms with Crippen molar-refractivity contribution in [1.82, 2.24) is 0 Å². The van der Waals surface area contributed by atoms with Crippen molar-refractivity contribution in [2.24, 2.45) is 0 Å². The molecule has 0 aliphatic rings. The molecule has 0 saturated heterocycles. The molecule has 0 N–H and O–H groups in total. The zero-order valence-electron chi connectivity index (χ0n) is 17.5. The standard InChI is InChI=1S/C30H22O2/c1-3-13-25(14-4-1)31-27-17-9-11-23(21-27)29-19-7-8-20-30(29)24-12-10-18-28(22-24)32-26-15-5-2-6-16-26/h1-22H. The molecule has 0 aliphatic carbocycles. The number of para-hydroxylation sites is 2. The van der Waals surface area contributed by atoms with Crippen LogP contribution in [0.1, 0.15) is 0 Å². The molecule has 0 aliphatic heterocycles. The van der Waals surface area contributed by atoms with Crippen LogP contribution in [-0.4, -0.2) is 0 Å². The van der Waals surface area contributed by atoms with Gasteiger partial charge in [-0.05, 0) is 70.8 Å². The average molecular weight is 415 g/mol. The summed E-state index contributed by atoms with van der Waals surface area (Å²) in [5.74, 6) is 3.27. The van der Waals surface area contributed by atoms with Crippen LogP contribution in [0.25, 0.3) is 22.3 Å². The smallest absolute Gasteiger partial charge is 0.128 e. The van der Waals surface area contributed by atoms with E-state index in [1.807, 2.05) is 84.9 Å². The summed E-state index contributed by atoms with van der Waals surface area (Å²) in [6.07, 6.45) is 0. The van der Waals surface area contributed by atoms with E-state index in [2.05, 4.69) is 48.5 Å². The van der Waals surface area contributed by atoms with Gasteiger partial charge < -0.3 is 9.47 Å². The van der Waals surface area contributed by atoms with E-state index in [9.17, 15) is 0 Å². The summed E-state index contributed by atoms with van der Waals surface area (Å²) in [4.78, 5) is 0. The van der Waals surface area contributed by atoms with E-state index in [1.165, 1.54) is 0 Å². The molecule has 0 bridgehead atoms. The SMILES string of the molecule is c1ccc(Oc2cccc(-c3ccccc3-c3cccc(Oc4ccccc4)c3)c2)cc1. The fraction of sp³-hybridized carbons (Fsp3) is 0. The van der Waals surface area contributed by atoms with Gasteiger partial charge in [-0.2, -0.15) is 0 Å². The Morgan fingerprint density at radius 2 is 0.688 bits per heavy atom. The van der Waals surface area contributed by atoms with Crippen LogP contribution in [0.15, 0.2) is 133 Å². The first-order valence-electron chi connectivity index (χ1n) is 10.6. The molecule has 0 amide bonds. The van der Waals surface area contributed by atoms with Gasteiger partial charge in [0, 0.05) is 0 Å². The molecule has 0 radical (unpaired) electrons. The number of benzene rings is 5. The predicted octanol–water partition coefficient (Wildman–Crippen LogP) is 8.61. The summed E-state index contributed by atoms with van der Waals surface area (Å²) < 4.78 is 12.1. The second-order valence-corrected chi connectivity index (χ2v) is 7.43. The molecule has 0 heterocycles. The van der Waals surface area contributed by atoms with E-state index in [1.54, 1.807) is 0 Å². The Balaban J connectivity index is 1.47. The van der Waals surface area contributed by atoms with E-state index in [0.29, 0.717) is 0 Å². The zero-order chi connectivity index (χ0) is 21.6. The van der Waals surface area contributed by atoms with Gasteiger partial charge in [-0.1, -0.05) is 84.9 Å². The van der Waals surface area contributed by atoms with Crippen molar-refractivity contribution in [3.05, 3.63) is 133 Å². The highest BCUT2D eigenvalue weighted by atomic mass is 16.5. The first kappa shape index (κ1) is 19.7. The predicted molar refractivity (Wildman–Crippen MR) is 130 cm³/mol. The van der Waals surface area contributed by atoms with Gasteiger partial charge in [0.15, 0.2) is 0 Å². The molecule has 0 unspecified atom stereocenters.